The van der Waals surface area contributed by atoms with E-state index in [2.05, 4.69) is 31.9 Å². The Morgan fingerprint density at radius 1 is 0.672 bits per heavy atom. The van der Waals surface area contributed by atoms with Gasteiger partial charge in [-0.1, -0.05) is 59.2 Å². The molecule has 2 rings (SSSR count). The molecule has 7 atom stereocenters. The van der Waals surface area contributed by atoms with Gasteiger partial charge < -0.3 is 62.2 Å². The minimum atomic E-state index is -1.59. The first kappa shape index (κ1) is 56.0. The molecule has 10 N–H and O–H groups in total. The molecule has 0 aromatic heterocycles. The summed E-state index contributed by atoms with van der Waals surface area (Å²) in [5.41, 5.74) is 0. The van der Waals surface area contributed by atoms with Gasteiger partial charge in [0.15, 0.2) is 0 Å². The summed E-state index contributed by atoms with van der Waals surface area (Å²) in [4.78, 5) is 155. The third-order valence-electron chi connectivity index (χ3n) is 10.4. The van der Waals surface area contributed by atoms with Crippen LogP contribution in [0.4, 0.5) is 4.79 Å². The number of rotatable bonds is 27. The predicted molar refractivity (Wildman–Crippen MR) is 233 cm³/mol. The van der Waals surface area contributed by atoms with Crippen LogP contribution in [-0.4, -0.2) is 147 Å². The van der Waals surface area contributed by atoms with Crippen LogP contribution in [0.25, 0.3) is 0 Å². The van der Waals surface area contributed by atoms with E-state index in [4.69, 9.17) is 14.9 Å². The van der Waals surface area contributed by atoms with Crippen LogP contribution < -0.4 is 42.0 Å². The SMILES string of the molecule is CCCC(NC(=O)C1CC(CNC(=O)Oc2ccccc2)CN1C(=O)C(NC(=O)C(NC(=O)C(CCC(=O)O)NC(=O)C(CCC(=O)O)NC(C)=O)C(C)C)C(C)C)C(=O)C(=O)NCC(=O)O. The number of carbonyl (C=O) groups is 12. The number of carbonyl (C=O) groups excluding carboxylic acids is 9. The molecule has 1 aliphatic rings. The quantitative estimate of drug-likeness (QED) is 0.0475. The molecule has 8 amide bonds. The summed E-state index contributed by atoms with van der Waals surface area (Å²) in [5, 5.41) is 44.3. The van der Waals surface area contributed by atoms with Crippen molar-refractivity contribution in [3.05, 3.63) is 30.3 Å². The highest BCUT2D eigenvalue weighted by molar-refractivity contribution is 6.38. The lowest BCUT2D eigenvalue weighted by atomic mass is 9.98. The minimum absolute atomic E-state index is 0.0313. The van der Waals surface area contributed by atoms with Gasteiger partial charge in [-0.3, -0.25) is 52.7 Å². The van der Waals surface area contributed by atoms with Crippen molar-refractivity contribution < 1.29 is 77.6 Å². The largest absolute Gasteiger partial charge is 0.481 e. The molecule has 1 fully saturated rings. The van der Waals surface area contributed by atoms with Crippen molar-refractivity contribution in [2.45, 2.75) is 123 Å². The number of likely N-dealkylation sites (tertiary alicyclic amines) is 1. The second kappa shape index (κ2) is 27.4. The van der Waals surface area contributed by atoms with E-state index in [0.29, 0.717) is 6.42 Å². The smallest absolute Gasteiger partial charge is 0.412 e. The number of ether oxygens (including phenoxy) is 1. The number of carboxylic acid groups (broad SMARTS) is 3. The molecule has 1 aromatic rings. The summed E-state index contributed by atoms with van der Waals surface area (Å²) in [5.74, 6) is -13.3. The zero-order chi connectivity index (χ0) is 50.5. The fourth-order valence-electron chi connectivity index (χ4n) is 6.96. The molecule has 0 saturated carbocycles. The Morgan fingerprint density at radius 2 is 1.22 bits per heavy atom. The number of carboxylic acids is 3. The van der Waals surface area contributed by atoms with Gasteiger partial charge in [0.2, 0.25) is 41.2 Å². The van der Waals surface area contributed by atoms with Gasteiger partial charge in [0, 0.05) is 32.9 Å². The number of para-hydroxylation sites is 1. The number of amides is 8. The first-order chi connectivity index (χ1) is 31.4. The van der Waals surface area contributed by atoms with Crippen molar-refractivity contribution in [3.63, 3.8) is 0 Å². The fourth-order valence-corrected chi connectivity index (χ4v) is 6.96. The van der Waals surface area contributed by atoms with Crippen LogP contribution in [0.2, 0.25) is 0 Å². The fraction of sp³-hybridized carbons (Fsp3) is 0.581. The molecule has 370 valence electrons. The van der Waals surface area contributed by atoms with Crippen molar-refractivity contribution in [3.8, 4) is 5.75 Å². The van der Waals surface area contributed by atoms with E-state index < -0.39 is 151 Å². The van der Waals surface area contributed by atoms with Crippen LogP contribution in [0.15, 0.2) is 30.3 Å². The van der Waals surface area contributed by atoms with Gasteiger partial charge in [-0.05, 0) is 55.6 Å². The maximum Gasteiger partial charge on any atom is 0.412 e. The standard InChI is InChI=1S/C43H62N8O16/c1-7-11-27(36(59)41(64)44-20-33(57)58)47-39(62)30-18-25(19-45-43(66)67-26-12-9-8-10-13-26)21-51(30)42(65)35(23(4)5)50-40(63)34(22(2)3)49-38(61)29(15-17-32(55)56)48-37(60)28(46-24(6)52)14-16-31(53)54/h8-10,12-13,22-23,25,27-30,34-35H,7,11,14-21H2,1-6H3,(H,44,64)(H,45,66)(H,46,52)(H,47,62)(H,48,60)(H,49,61)(H,50,63)(H,53,54)(H,55,56)(H,57,58). The van der Waals surface area contributed by atoms with Gasteiger partial charge in [-0.25, -0.2) is 4.79 Å². The van der Waals surface area contributed by atoms with Crippen LogP contribution in [0.1, 0.15) is 86.5 Å². The number of benzene rings is 1. The van der Waals surface area contributed by atoms with Crippen molar-refractivity contribution in [2.75, 3.05) is 19.6 Å². The predicted octanol–water partition coefficient (Wildman–Crippen LogP) is -0.952. The molecule has 67 heavy (non-hydrogen) atoms. The van der Waals surface area contributed by atoms with Crippen LogP contribution in [0.5, 0.6) is 5.75 Å². The van der Waals surface area contributed by atoms with E-state index >= 15 is 0 Å². The third kappa shape index (κ3) is 19.1. The Hall–Kier alpha value is -7.14. The third-order valence-corrected chi connectivity index (χ3v) is 10.4. The summed E-state index contributed by atoms with van der Waals surface area (Å²) in [6.07, 6.45) is -2.63. The number of aliphatic carboxylic acids is 3. The molecule has 7 unspecified atom stereocenters. The molecule has 24 nitrogen and oxygen atoms in total. The van der Waals surface area contributed by atoms with Gasteiger partial charge in [-0.15, -0.1) is 0 Å². The molecule has 0 radical (unpaired) electrons. The highest BCUT2D eigenvalue weighted by Gasteiger charge is 2.44. The minimum Gasteiger partial charge on any atom is -0.481 e. The average molecular weight is 947 g/mol. The van der Waals surface area contributed by atoms with Gasteiger partial charge in [0.1, 0.15) is 42.5 Å². The zero-order valence-electron chi connectivity index (χ0n) is 38.3. The number of nitrogens with one attached hydrogen (secondary N) is 7. The van der Waals surface area contributed by atoms with Gasteiger partial charge in [-0.2, -0.15) is 0 Å². The second-order valence-corrected chi connectivity index (χ2v) is 16.6. The highest BCUT2D eigenvalue weighted by Crippen LogP contribution is 2.26. The lowest BCUT2D eigenvalue weighted by Gasteiger charge is -2.33. The van der Waals surface area contributed by atoms with Crippen molar-refractivity contribution in [1.82, 2.24) is 42.1 Å². The Morgan fingerprint density at radius 3 is 1.75 bits per heavy atom. The van der Waals surface area contributed by atoms with Crippen molar-refractivity contribution in [1.29, 1.82) is 0 Å². The molecule has 0 spiro atoms. The van der Waals surface area contributed by atoms with E-state index in [1.54, 1.807) is 65.0 Å². The van der Waals surface area contributed by atoms with Crippen LogP contribution in [-0.2, 0) is 52.7 Å². The molecule has 0 bridgehead atoms. The van der Waals surface area contributed by atoms with Gasteiger partial charge in [0.25, 0.3) is 5.91 Å². The summed E-state index contributed by atoms with van der Waals surface area (Å²) in [6, 6.07) is -0.405. The molecule has 0 aliphatic carbocycles. The van der Waals surface area contributed by atoms with Crippen LogP contribution in [0.3, 0.4) is 0 Å². The molecule has 1 saturated heterocycles. The topological polar surface area (TPSA) is 362 Å². The molecule has 1 aliphatic heterocycles. The number of hydrogen-bond donors (Lipinski definition) is 10. The van der Waals surface area contributed by atoms with Gasteiger partial charge >= 0.3 is 24.0 Å². The molecule has 1 heterocycles. The maximum atomic E-state index is 14.6. The first-order valence-corrected chi connectivity index (χ1v) is 21.7. The van der Waals surface area contributed by atoms with Crippen LogP contribution >= 0.6 is 0 Å². The zero-order valence-corrected chi connectivity index (χ0v) is 38.3. The number of nitrogens with zero attached hydrogens (tertiary/aromatic N) is 1. The first-order valence-electron chi connectivity index (χ1n) is 21.7. The summed E-state index contributed by atoms with van der Waals surface area (Å²) in [7, 11) is 0. The summed E-state index contributed by atoms with van der Waals surface area (Å²) < 4.78 is 5.29. The lowest BCUT2D eigenvalue weighted by molar-refractivity contribution is -0.145. The van der Waals surface area contributed by atoms with Crippen molar-refractivity contribution in [2.24, 2.45) is 17.8 Å². The summed E-state index contributed by atoms with van der Waals surface area (Å²) in [6.45, 7) is 7.93. The number of ketones is 1. The molecular weight excluding hydrogens is 885 g/mol. The van der Waals surface area contributed by atoms with E-state index in [1.807, 2.05) is 5.32 Å². The average Bonchev–Trinajstić information content (AvgIpc) is 3.69. The summed E-state index contributed by atoms with van der Waals surface area (Å²) >= 11 is 0. The molecular formula is C43H62N8O16. The van der Waals surface area contributed by atoms with Crippen LogP contribution in [0, 0.1) is 17.8 Å². The maximum absolute atomic E-state index is 14.6. The lowest BCUT2D eigenvalue weighted by Crippen LogP contribution is -2.61. The second-order valence-electron chi connectivity index (χ2n) is 16.6. The molecule has 24 heteroatoms. The van der Waals surface area contributed by atoms with E-state index in [1.165, 1.54) is 0 Å². The van der Waals surface area contributed by atoms with E-state index in [-0.39, 0.29) is 38.1 Å². The Balaban J connectivity index is 2.42. The van der Waals surface area contributed by atoms with Gasteiger partial charge in [0.05, 0.1) is 6.04 Å². The molecule has 1 aromatic carbocycles. The highest BCUT2D eigenvalue weighted by atomic mass is 16.6. The Labute approximate surface area is 386 Å². The Bertz CT molecular complexity index is 1980. The monoisotopic (exact) mass is 946 g/mol. The normalized spacial score (nSPS) is 16.5. The van der Waals surface area contributed by atoms with Crippen molar-refractivity contribution >= 4 is 71.1 Å². The van der Waals surface area contributed by atoms with E-state index in [0.717, 1.165) is 11.8 Å². The van der Waals surface area contributed by atoms with E-state index in [9.17, 15) is 62.6 Å². The number of hydrogen-bond acceptors (Lipinski definition) is 13. The number of Topliss-reactive ketones (excluding diaryl/α,β-unsaturated/α-hetero) is 1. The Kier molecular flexibility index (Phi) is 22.9.